The fourth-order valence-electron chi connectivity index (χ4n) is 1.60. The summed E-state index contributed by atoms with van der Waals surface area (Å²) in [7, 11) is 0. The Kier molecular flexibility index (Phi) is 4.84. The summed E-state index contributed by atoms with van der Waals surface area (Å²) in [5.41, 5.74) is 5.57. The molecular formula is C17H16N2O. The van der Waals surface area contributed by atoms with Crippen LogP contribution in [-0.2, 0) is 4.79 Å². The van der Waals surface area contributed by atoms with Crippen LogP contribution in [-0.4, -0.2) is 12.1 Å². The zero-order valence-corrected chi connectivity index (χ0v) is 11.3. The average molecular weight is 264 g/mol. The topological polar surface area (TPSA) is 41.5 Å². The van der Waals surface area contributed by atoms with Crippen LogP contribution in [0.2, 0.25) is 0 Å². The molecule has 2 rings (SSSR count). The van der Waals surface area contributed by atoms with E-state index in [1.165, 1.54) is 11.6 Å². The molecule has 1 amide bonds. The number of benzene rings is 2. The normalized spacial score (nSPS) is 11.1. The molecule has 0 spiro atoms. The summed E-state index contributed by atoms with van der Waals surface area (Å²) >= 11 is 0. The van der Waals surface area contributed by atoms with Gasteiger partial charge < -0.3 is 0 Å². The van der Waals surface area contributed by atoms with Crippen molar-refractivity contribution in [1.29, 1.82) is 0 Å². The zero-order valence-electron chi connectivity index (χ0n) is 11.3. The van der Waals surface area contributed by atoms with Gasteiger partial charge in [-0.2, -0.15) is 5.10 Å². The molecule has 100 valence electrons. The maximum atomic E-state index is 11.6. The van der Waals surface area contributed by atoms with E-state index in [0.717, 1.165) is 11.1 Å². The predicted octanol–water partition coefficient (Wildman–Crippen LogP) is 3.16. The second-order valence-corrected chi connectivity index (χ2v) is 4.39. The molecule has 0 fully saturated rings. The zero-order chi connectivity index (χ0) is 14.2. The highest BCUT2D eigenvalue weighted by Gasteiger charge is 1.92. The van der Waals surface area contributed by atoms with Gasteiger partial charge in [0.25, 0.3) is 5.91 Å². The van der Waals surface area contributed by atoms with Gasteiger partial charge in [0.2, 0.25) is 0 Å². The minimum absolute atomic E-state index is 0.252. The molecule has 3 nitrogen and oxygen atoms in total. The first-order chi connectivity index (χ1) is 9.74. The van der Waals surface area contributed by atoms with Gasteiger partial charge in [0.1, 0.15) is 0 Å². The lowest BCUT2D eigenvalue weighted by Crippen LogP contribution is -2.14. The number of hydrazone groups is 1. The van der Waals surface area contributed by atoms with Crippen LogP contribution in [0.3, 0.4) is 0 Å². The van der Waals surface area contributed by atoms with Crippen LogP contribution < -0.4 is 5.43 Å². The highest BCUT2D eigenvalue weighted by Crippen LogP contribution is 2.04. The number of nitrogens with zero attached hydrogens (tertiary/aromatic N) is 1. The van der Waals surface area contributed by atoms with Crippen molar-refractivity contribution in [3.8, 4) is 0 Å². The van der Waals surface area contributed by atoms with Gasteiger partial charge in [-0.1, -0.05) is 60.2 Å². The molecule has 20 heavy (non-hydrogen) atoms. The second-order valence-electron chi connectivity index (χ2n) is 4.39. The predicted molar refractivity (Wildman–Crippen MR) is 82.4 cm³/mol. The second kappa shape index (κ2) is 7.04. The monoisotopic (exact) mass is 264 g/mol. The summed E-state index contributed by atoms with van der Waals surface area (Å²) in [4.78, 5) is 11.6. The molecule has 0 atom stereocenters. The van der Waals surface area contributed by atoms with Crippen LogP contribution in [0.5, 0.6) is 0 Å². The van der Waals surface area contributed by atoms with Crippen molar-refractivity contribution in [3.63, 3.8) is 0 Å². The Hall–Kier alpha value is -2.68. The van der Waals surface area contributed by atoms with Crippen molar-refractivity contribution < 1.29 is 4.79 Å². The molecule has 0 aliphatic rings. The molecule has 2 aromatic carbocycles. The van der Waals surface area contributed by atoms with Crippen LogP contribution in [0, 0.1) is 6.92 Å². The third-order valence-electron chi connectivity index (χ3n) is 2.69. The molecule has 0 bridgehead atoms. The quantitative estimate of drug-likeness (QED) is 0.514. The van der Waals surface area contributed by atoms with Crippen molar-refractivity contribution >= 4 is 18.2 Å². The van der Waals surface area contributed by atoms with E-state index in [2.05, 4.69) is 10.5 Å². The van der Waals surface area contributed by atoms with Crippen molar-refractivity contribution in [2.75, 3.05) is 0 Å². The number of hydrogen-bond acceptors (Lipinski definition) is 2. The van der Waals surface area contributed by atoms with Crippen LogP contribution >= 0.6 is 0 Å². The fraction of sp³-hybridized carbons (Fsp3) is 0.0588. The summed E-state index contributed by atoms with van der Waals surface area (Å²) < 4.78 is 0. The molecule has 0 radical (unpaired) electrons. The minimum atomic E-state index is -0.252. The first kappa shape index (κ1) is 13.7. The Bertz CT molecular complexity index is 613. The third kappa shape index (κ3) is 4.53. The smallest absolute Gasteiger partial charge is 0.264 e. The largest absolute Gasteiger partial charge is 0.268 e. The maximum Gasteiger partial charge on any atom is 0.264 e. The molecule has 0 aromatic heterocycles. The molecule has 0 heterocycles. The molecule has 1 N–H and O–H groups in total. The molecule has 0 saturated heterocycles. The van der Waals surface area contributed by atoms with Crippen molar-refractivity contribution in [2.24, 2.45) is 5.10 Å². The fourth-order valence-corrected chi connectivity index (χ4v) is 1.60. The van der Waals surface area contributed by atoms with E-state index >= 15 is 0 Å². The lowest BCUT2D eigenvalue weighted by Gasteiger charge is -1.95. The Morgan fingerprint density at radius 3 is 2.40 bits per heavy atom. The Morgan fingerprint density at radius 1 is 1.00 bits per heavy atom. The summed E-state index contributed by atoms with van der Waals surface area (Å²) in [6.45, 7) is 2.03. The number of aryl methyl sites for hydroxylation is 1. The van der Waals surface area contributed by atoms with Gasteiger partial charge in [-0.05, 0) is 24.1 Å². The summed E-state index contributed by atoms with van der Waals surface area (Å²) in [6.07, 6.45) is 4.83. The van der Waals surface area contributed by atoms with E-state index in [9.17, 15) is 4.79 Å². The van der Waals surface area contributed by atoms with Crippen molar-refractivity contribution in [3.05, 3.63) is 77.4 Å². The number of carbonyl (C=O) groups is 1. The number of nitrogens with one attached hydrogen (secondary N) is 1. The van der Waals surface area contributed by atoms with E-state index in [0.29, 0.717) is 0 Å². The van der Waals surface area contributed by atoms with Gasteiger partial charge in [-0.25, -0.2) is 5.43 Å². The molecule has 3 heteroatoms. The Balaban J connectivity index is 1.86. The highest BCUT2D eigenvalue weighted by molar-refractivity contribution is 5.92. The summed E-state index contributed by atoms with van der Waals surface area (Å²) in [5, 5.41) is 3.89. The summed E-state index contributed by atoms with van der Waals surface area (Å²) in [5.74, 6) is -0.252. The van der Waals surface area contributed by atoms with Gasteiger partial charge in [0.05, 0.1) is 6.21 Å². The van der Waals surface area contributed by atoms with Crippen LogP contribution in [0.4, 0.5) is 0 Å². The number of rotatable bonds is 4. The standard InChI is InChI=1S/C17H16N2O/c1-14-7-9-15(10-8-14)11-12-17(20)19-18-13-16-5-3-2-4-6-16/h2-13H,1H3,(H,19,20)/b12-11+,18-13+. The van der Waals surface area contributed by atoms with Crippen LogP contribution in [0.15, 0.2) is 65.8 Å². The van der Waals surface area contributed by atoms with E-state index < -0.39 is 0 Å². The lowest BCUT2D eigenvalue weighted by molar-refractivity contribution is -0.116. The number of hydrogen-bond donors (Lipinski definition) is 1. The molecule has 0 unspecified atom stereocenters. The van der Waals surface area contributed by atoms with Crippen LogP contribution in [0.1, 0.15) is 16.7 Å². The Labute approximate surface area is 118 Å². The first-order valence-electron chi connectivity index (χ1n) is 6.37. The molecular weight excluding hydrogens is 248 g/mol. The van der Waals surface area contributed by atoms with E-state index in [1.54, 1.807) is 12.3 Å². The minimum Gasteiger partial charge on any atom is -0.268 e. The van der Waals surface area contributed by atoms with E-state index in [1.807, 2.05) is 61.5 Å². The Morgan fingerprint density at radius 2 is 1.70 bits per heavy atom. The van der Waals surface area contributed by atoms with Gasteiger partial charge in [-0.15, -0.1) is 0 Å². The van der Waals surface area contributed by atoms with Crippen molar-refractivity contribution in [1.82, 2.24) is 5.43 Å². The van der Waals surface area contributed by atoms with Gasteiger partial charge in [-0.3, -0.25) is 4.79 Å². The van der Waals surface area contributed by atoms with Crippen LogP contribution in [0.25, 0.3) is 6.08 Å². The first-order valence-corrected chi connectivity index (χ1v) is 6.37. The maximum absolute atomic E-state index is 11.6. The van der Waals surface area contributed by atoms with E-state index in [4.69, 9.17) is 0 Å². The molecule has 2 aromatic rings. The van der Waals surface area contributed by atoms with E-state index in [-0.39, 0.29) is 5.91 Å². The number of amides is 1. The highest BCUT2D eigenvalue weighted by atomic mass is 16.2. The number of carbonyl (C=O) groups excluding carboxylic acids is 1. The molecule has 0 saturated carbocycles. The third-order valence-corrected chi connectivity index (χ3v) is 2.69. The summed E-state index contributed by atoms with van der Waals surface area (Å²) in [6, 6.07) is 17.5. The molecule has 0 aliphatic carbocycles. The van der Waals surface area contributed by atoms with Gasteiger partial charge in [0, 0.05) is 6.08 Å². The van der Waals surface area contributed by atoms with Gasteiger partial charge >= 0.3 is 0 Å². The van der Waals surface area contributed by atoms with Crippen molar-refractivity contribution in [2.45, 2.75) is 6.92 Å². The SMILES string of the molecule is Cc1ccc(/C=C/C(=O)N/N=C/c2ccccc2)cc1. The van der Waals surface area contributed by atoms with Gasteiger partial charge in [0.15, 0.2) is 0 Å². The molecule has 0 aliphatic heterocycles. The lowest BCUT2D eigenvalue weighted by atomic mass is 10.1. The average Bonchev–Trinajstić information content (AvgIpc) is 2.48.